The molecule has 1 aliphatic heterocycles. The van der Waals surface area contributed by atoms with Gasteiger partial charge in [0.2, 0.25) is 0 Å². The van der Waals surface area contributed by atoms with Crippen molar-refractivity contribution in [3.8, 4) is 11.3 Å². The second-order valence-corrected chi connectivity index (χ2v) is 5.67. The van der Waals surface area contributed by atoms with Crippen molar-refractivity contribution in [1.29, 1.82) is 0 Å². The van der Waals surface area contributed by atoms with Crippen molar-refractivity contribution < 1.29 is 9.18 Å². The number of rotatable bonds is 1. The summed E-state index contributed by atoms with van der Waals surface area (Å²) in [6, 6.07) is 10.3. The first-order valence-corrected chi connectivity index (χ1v) is 7.05. The highest BCUT2D eigenvalue weighted by atomic mass is 19.1. The number of amides is 1. The van der Waals surface area contributed by atoms with Crippen molar-refractivity contribution in [2.24, 2.45) is 7.05 Å². The molecule has 0 unspecified atom stereocenters. The second kappa shape index (κ2) is 4.40. The molecule has 22 heavy (non-hydrogen) atoms. The first kappa shape index (κ1) is 13.0. The van der Waals surface area contributed by atoms with Crippen LogP contribution < -0.4 is 0 Å². The number of nitrogens with zero attached hydrogens (tertiary/aromatic N) is 3. The van der Waals surface area contributed by atoms with E-state index in [-0.39, 0.29) is 11.7 Å². The van der Waals surface area contributed by atoms with Gasteiger partial charge in [-0.1, -0.05) is 6.07 Å². The van der Waals surface area contributed by atoms with Crippen LogP contribution in [0.4, 0.5) is 4.39 Å². The molecule has 0 aliphatic carbocycles. The zero-order valence-electron chi connectivity index (χ0n) is 12.3. The topological polar surface area (TPSA) is 38.1 Å². The van der Waals surface area contributed by atoms with Gasteiger partial charge in [0, 0.05) is 37.2 Å². The van der Waals surface area contributed by atoms with Crippen LogP contribution in [0.5, 0.6) is 0 Å². The summed E-state index contributed by atoms with van der Waals surface area (Å²) >= 11 is 0. The molecular formula is C17H14FN3O. The molecule has 0 saturated carbocycles. The summed E-state index contributed by atoms with van der Waals surface area (Å²) in [6.45, 7) is 0.598. The smallest absolute Gasteiger partial charge is 0.254 e. The average Bonchev–Trinajstić information content (AvgIpc) is 2.96. The molecule has 5 heteroatoms. The van der Waals surface area contributed by atoms with Gasteiger partial charge in [0.25, 0.3) is 5.91 Å². The summed E-state index contributed by atoms with van der Waals surface area (Å²) in [6.07, 6.45) is 0. The number of hydrogen-bond donors (Lipinski definition) is 0. The molecular weight excluding hydrogens is 281 g/mol. The normalized spacial score (nSPS) is 14.0. The quantitative estimate of drug-likeness (QED) is 0.692. The van der Waals surface area contributed by atoms with Crippen molar-refractivity contribution in [3.63, 3.8) is 0 Å². The Labute approximate surface area is 126 Å². The molecule has 0 radical (unpaired) electrons. The number of carbonyl (C=O) groups excluding carboxylic acids is 1. The minimum Gasteiger partial charge on any atom is -0.337 e. The number of fused-ring (bicyclic) bond motifs is 2. The van der Waals surface area contributed by atoms with Crippen LogP contribution >= 0.6 is 0 Å². The molecule has 0 atom stereocenters. The highest BCUT2D eigenvalue weighted by molar-refractivity contribution is 6.00. The Hall–Kier alpha value is -2.69. The average molecular weight is 295 g/mol. The molecule has 110 valence electrons. The third-order valence-electron chi connectivity index (χ3n) is 4.18. The Morgan fingerprint density at radius 3 is 2.77 bits per heavy atom. The van der Waals surface area contributed by atoms with Crippen LogP contribution in [0.1, 0.15) is 15.9 Å². The fourth-order valence-corrected chi connectivity index (χ4v) is 3.06. The molecule has 1 amide bonds. The van der Waals surface area contributed by atoms with Gasteiger partial charge in [0.15, 0.2) is 0 Å². The largest absolute Gasteiger partial charge is 0.337 e. The molecule has 2 aromatic carbocycles. The SMILES string of the molecule is CN1Cc2cc(-c3nn(C)c4ccc(F)cc34)ccc2C1=O. The van der Waals surface area contributed by atoms with Gasteiger partial charge in [-0.25, -0.2) is 4.39 Å². The van der Waals surface area contributed by atoms with Crippen LogP contribution in [-0.4, -0.2) is 27.6 Å². The molecule has 0 bridgehead atoms. The van der Waals surface area contributed by atoms with Crippen LogP contribution in [0.2, 0.25) is 0 Å². The molecule has 0 saturated heterocycles. The van der Waals surface area contributed by atoms with E-state index in [2.05, 4.69) is 5.10 Å². The van der Waals surface area contributed by atoms with E-state index in [4.69, 9.17) is 0 Å². The highest BCUT2D eigenvalue weighted by Gasteiger charge is 2.25. The molecule has 4 nitrogen and oxygen atoms in total. The minimum atomic E-state index is -0.280. The van der Waals surface area contributed by atoms with E-state index in [0.717, 1.165) is 33.3 Å². The van der Waals surface area contributed by atoms with E-state index in [1.807, 2.05) is 25.2 Å². The predicted molar refractivity (Wildman–Crippen MR) is 81.9 cm³/mol. The maximum Gasteiger partial charge on any atom is 0.254 e. The summed E-state index contributed by atoms with van der Waals surface area (Å²) in [7, 11) is 3.63. The monoisotopic (exact) mass is 295 g/mol. The summed E-state index contributed by atoms with van der Waals surface area (Å²) in [5.74, 6) is -0.240. The van der Waals surface area contributed by atoms with Crippen LogP contribution in [-0.2, 0) is 13.6 Å². The molecule has 3 aromatic rings. The number of aromatic nitrogens is 2. The van der Waals surface area contributed by atoms with Crippen molar-refractivity contribution >= 4 is 16.8 Å². The third kappa shape index (κ3) is 1.75. The van der Waals surface area contributed by atoms with Gasteiger partial charge >= 0.3 is 0 Å². The van der Waals surface area contributed by atoms with E-state index in [1.54, 1.807) is 22.7 Å². The standard InChI is InChI=1S/C17H14FN3O/c1-20-9-11-7-10(3-5-13(11)17(20)22)16-14-8-12(18)4-6-15(14)21(2)19-16/h3-8H,9H2,1-2H3. The Morgan fingerprint density at radius 2 is 1.95 bits per heavy atom. The van der Waals surface area contributed by atoms with Crippen molar-refractivity contribution in [1.82, 2.24) is 14.7 Å². The van der Waals surface area contributed by atoms with E-state index in [1.165, 1.54) is 12.1 Å². The number of halogens is 1. The highest BCUT2D eigenvalue weighted by Crippen LogP contribution is 2.31. The Kier molecular flexibility index (Phi) is 2.60. The lowest BCUT2D eigenvalue weighted by atomic mass is 10.0. The molecule has 4 rings (SSSR count). The lowest BCUT2D eigenvalue weighted by Crippen LogP contribution is -2.17. The van der Waals surface area contributed by atoms with Crippen LogP contribution in [0.3, 0.4) is 0 Å². The van der Waals surface area contributed by atoms with Gasteiger partial charge in [-0.2, -0.15) is 5.10 Å². The molecule has 0 N–H and O–H groups in total. The third-order valence-corrected chi connectivity index (χ3v) is 4.18. The Morgan fingerprint density at radius 1 is 1.14 bits per heavy atom. The first-order chi connectivity index (χ1) is 10.5. The van der Waals surface area contributed by atoms with Crippen LogP contribution in [0.25, 0.3) is 22.2 Å². The lowest BCUT2D eigenvalue weighted by Gasteiger charge is -2.04. The first-order valence-electron chi connectivity index (χ1n) is 7.05. The van der Waals surface area contributed by atoms with Gasteiger partial charge in [-0.15, -0.1) is 0 Å². The minimum absolute atomic E-state index is 0.0403. The number of hydrogen-bond acceptors (Lipinski definition) is 2. The Bertz CT molecular complexity index is 929. The van der Waals surface area contributed by atoms with Crippen LogP contribution in [0, 0.1) is 5.82 Å². The number of aryl methyl sites for hydroxylation is 1. The Balaban J connectivity index is 1.92. The zero-order chi connectivity index (χ0) is 15.4. The fourth-order valence-electron chi connectivity index (χ4n) is 3.06. The van der Waals surface area contributed by atoms with E-state index in [0.29, 0.717) is 6.54 Å². The van der Waals surface area contributed by atoms with E-state index >= 15 is 0 Å². The van der Waals surface area contributed by atoms with Gasteiger partial charge in [0.1, 0.15) is 11.5 Å². The van der Waals surface area contributed by atoms with Crippen molar-refractivity contribution in [2.45, 2.75) is 6.54 Å². The molecule has 0 spiro atoms. The van der Waals surface area contributed by atoms with E-state index < -0.39 is 0 Å². The summed E-state index contributed by atoms with van der Waals surface area (Å²) in [4.78, 5) is 13.6. The second-order valence-electron chi connectivity index (χ2n) is 5.67. The lowest BCUT2D eigenvalue weighted by molar-refractivity contribution is 0.0816. The van der Waals surface area contributed by atoms with Gasteiger partial charge in [-0.3, -0.25) is 9.48 Å². The summed E-state index contributed by atoms with van der Waals surface area (Å²) in [5, 5.41) is 5.29. The fraction of sp³-hybridized carbons (Fsp3) is 0.176. The molecule has 1 aliphatic rings. The van der Waals surface area contributed by atoms with E-state index in [9.17, 15) is 9.18 Å². The van der Waals surface area contributed by atoms with Crippen molar-refractivity contribution in [3.05, 3.63) is 53.3 Å². The molecule has 1 aromatic heterocycles. The van der Waals surface area contributed by atoms with Gasteiger partial charge < -0.3 is 4.90 Å². The number of benzene rings is 2. The molecule has 2 heterocycles. The van der Waals surface area contributed by atoms with Crippen molar-refractivity contribution in [2.75, 3.05) is 7.05 Å². The van der Waals surface area contributed by atoms with Crippen LogP contribution in [0.15, 0.2) is 36.4 Å². The zero-order valence-corrected chi connectivity index (χ0v) is 12.3. The number of carbonyl (C=O) groups is 1. The maximum absolute atomic E-state index is 13.6. The van der Waals surface area contributed by atoms with Gasteiger partial charge in [0.05, 0.1) is 5.52 Å². The maximum atomic E-state index is 13.6. The molecule has 0 fully saturated rings. The predicted octanol–water partition coefficient (Wildman–Crippen LogP) is 2.97. The summed E-state index contributed by atoms with van der Waals surface area (Å²) in [5.41, 5.74) is 4.24. The van der Waals surface area contributed by atoms with Gasteiger partial charge in [-0.05, 0) is 35.9 Å². The summed E-state index contributed by atoms with van der Waals surface area (Å²) < 4.78 is 15.3.